The van der Waals surface area contributed by atoms with Gasteiger partial charge in [-0.25, -0.2) is 0 Å². The maximum atomic E-state index is 11.4. The molecule has 0 aliphatic heterocycles. The molecule has 5 heteroatoms. The van der Waals surface area contributed by atoms with Crippen LogP contribution in [0.15, 0.2) is 0 Å². The Morgan fingerprint density at radius 2 is 1.75 bits per heavy atom. The SMILES string of the molecule is CC(C)C(=O)OC(CC(=O)O)C[N+](C)(C)C. The third-order valence-corrected chi connectivity index (χ3v) is 1.91. The van der Waals surface area contributed by atoms with Gasteiger partial charge in [0.25, 0.3) is 0 Å². The minimum absolute atomic E-state index is 0.145. The lowest BCUT2D eigenvalue weighted by molar-refractivity contribution is -0.873. The molecule has 1 atom stereocenters. The van der Waals surface area contributed by atoms with E-state index in [1.807, 2.05) is 21.1 Å². The number of rotatable bonds is 6. The number of hydrogen-bond acceptors (Lipinski definition) is 3. The minimum atomic E-state index is -0.949. The molecule has 0 bridgehead atoms. The summed E-state index contributed by atoms with van der Waals surface area (Å²) in [5.74, 6) is -1.53. The largest absolute Gasteiger partial charge is 0.481 e. The number of carboxylic acid groups (broad SMARTS) is 1. The summed E-state index contributed by atoms with van der Waals surface area (Å²) in [6.45, 7) is 3.95. The molecular weight excluding hydrogens is 210 g/mol. The first kappa shape index (κ1) is 14.9. The van der Waals surface area contributed by atoms with Crippen LogP contribution < -0.4 is 0 Å². The molecule has 0 rings (SSSR count). The third-order valence-electron chi connectivity index (χ3n) is 1.91. The van der Waals surface area contributed by atoms with Gasteiger partial charge in [0.15, 0.2) is 6.10 Å². The molecule has 94 valence electrons. The Morgan fingerprint density at radius 3 is 2.06 bits per heavy atom. The van der Waals surface area contributed by atoms with Gasteiger partial charge in [0.05, 0.1) is 33.5 Å². The van der Waals surface area contributed by atoms with Crippen LogP contribution in [-0.4, -0.2) is 55.3 Å². The Balaban J connectivity index is 4.43. The fourth-order valence-corrected chi connectivity index (χ4v) is 1.25. The first-order chi connectivity index (χ1) is 7.11. The molecule has 0 saturated heterocycles. The number of ether oxygens (including phenoxy) is 1. The van der Waals surface area contributed by atoms with E-state index in [9.17, 15) is 9.59 Å². The van der Waals surface area contributed by atoms with Crippen LogP contribution in [-0.2, 0) is 14.3 Å². The van der Waals surface area contributed by atoms with E-state index in [2.05, 4.69) is 0 Å². The first-order valence-corrected chi connectivity index (χ1v) is 5.34. The summed E-state index contributed by atoms with van der Waals surface area (Å²) in [5.41, 5.74) is 0. The molecule has 0 heterocycles. The summed E-state index contributed by atoms with van der Waals surface area (Å²) in [6.07, 6.45) is -0.707. The van der Waals surface area contributed by atoms with Crippen LogP contribution in [0, 0.1) is 5.92 Å². The van der Waals surface area contributed by atoms with E-state index in [4.69, 9.17) is 9.84 Å². The van der Waals surface area contributed by atoms with E-state index in [1.165, 1.54) is 0 Å². The predicted molar refractivity (Wildman–Crippen MR) is 59.9 cm³/mol. The van der Waals surface area contributed by atoms with Gasteiger partial charge in [-0.3, -0.25) is 9.59 Å². The maximum Gasteiger partial charge on any atom is 0.308 e. The fraction of sp³-hybridized carbons (Fsp3) is 0.818. The number of nitrogens with zero attached hydrogens (tertiary/aromatic N) is 1. The van der Waals surface area contributed by atoms with Gasteiger partial charge in [0.2, 0.25) is 0 Å². The van der Waals surface area contributed by atoms with Gasteiger partial charge in [0, 0.05) is 0 Å². The third kappa shape index (κ3) is 7.23. The highest BCUT2D eigenvalue weighted by molar-refractivity contribution is 5.73. The monoisotopic (exact) mass is 232 g/mol. The fourth-order valence-electron chi connectivity index (χ4n) is 1.25. The van der Waals surface area contributed by atoms with Crippen molar-refractivity contribution in [3.05, 3.63) is 0 Å². The van der Waals surface area contributed by atoms with Gasteiger partial charge in [0.1, 0.15) is 6.54 Å². The zero-order valence-corrected chi connectivity index (χ0v) is 10.7. The molecule has 0 spiro atoms. The number of carboxylic acids is 1. The van der Waals surface area contributed by atoms with E-state index in [0.717, 1.165) is 0 Å². The second kappa shape index (κ2) is 5.84. The molecule has 1 unspecified atom stereocenters. The van der Waals surface area contributed by atoms with Crippen LogP contribution in [0.3, 0.4) is 0 Å². The van der Waals surface area contributed by atoms with Crippen molar-refractivity contribution in [3.8, 4) is 0 Å². The molecule has 0 fully saturated rings. The van der Waals surface area contributed by atoms with Gasteiger partial charge >= 0.3 is 11.9 Å². The van der Waals surface area contributed by atoms with Gasteiger partial charge in [-0.05, 0) is 0 Å². The van der Waals surface area contributed by atoms with E-state index < -0.39 is 12.1 Å². The summed E-state index contributed by atoms with van der Waals surface area (Å²) in [7, 11) is 5.79. The summed E-state index contributed by atoms with van der Waals surface area (Å²) < 4.78 is 5.72. The molecule has 0 aliphatic rings. The molecule has 16 heavy (non-hydrogen) atoms. The first-order valence-electron chi connectivity index (χ1n) is 5.34. The van der Waals surface area contributed by atoms with Crippen molar-refractivity contribution >= 4 is 11.9 Å². The molecule has 0 saturated carbocycles. The lowest BCUT2D eigenvalue weighted by atomic mass is 10.2. The van der Waals surface area contributed by atoms with Crippen molar-refractivity contribution in [1.82, 2.24) is 0 Å². The van der Waals surface area contributed by atoms with Crippen molar-refractivity contribution in [1.29, 1.82) is 0 Å². The van der Waals surface area contributed by atoms with Crippen LogP contribution in [0.2, 0.25) is 0 Å². The second-order valence-corrected chi connectivity index (χ2v) is 5.28. The topological polar surface area (TPSA) is 63.6 Å². The number of esters is 1. The second-order valence-electron chi connectivity index (χ2n) is 5.28. The lowest BCUT2D eigenvalue weighted by Gasteiger charge is -2.28. The molecule has 0 aromatic rings. The quantitative estimate of drug-likeness (QED) is 0.542. The Morgan fingerprint density at radius 1 is 1.25 bits per heavy atom. The van der Waals surface area contributed by atoms with E-state index in [1.54, 1.807) is 13.8 Å². The molecule has 1 N–H and O–H groups in total. The molecule has 5 nitrogen and oxygen atoms in total. The molecule has 0 aliphatic carbocycles. The molecule has 0 radical (unpaired) electrons. The van der Waals surface area contributed by atoms with Gasteiger partial charge in [-0.2, -0.15) is 0 Å². The van der Waals surface area contributed by atoms with E-state index in [-0.39, 0.29) is 18.3 Å². The van der Waals surface area contributed by atoms with Crippen molar-refractivity contribution in [3.63, 3.8) is 0 Å². The van der Waals surface area contributed by atoms with Gasteiger partial charge < -0.3 is 14.3 Å². The minimum Gasteiger partial charge on any atom is -0.481 e. The van der Waals surface area contributed by atoms with Gasteiger partial charge in [-0.1, -0.05) is 13.8 Å². The van der Waals surface area contributed by atoms with Gasteiger partial charge in [-0.15, -0.1) is 0 Å². The lowest BCUT2D eigenvalue weighted by Crippen LogP contribution is -2.44. The molecule has 0 amide bonds. The highest BCUT2D eigenvalue weighted by atomic mass is 16.5. The summed E-state index contributed by atoms with van der Waals surface area (Å²) in [6, 6.07) is 0. The highest BCUT2D eigenvalue weighted by Crippen LogP contribution is 2.08. The maximum absolute atomic E-state index is 11.4. The summed E-state index contributed by atoms with van der Waals surface area (Å²) in [5, 5.41) is 8.73. The number of quaternary nitrogens is 1. The van der Waals surface area contributed by atoms with Crippen LogP contribution in [0.25, 0.3) is 0 Å². The number of likely N-dealkylation sites (N-methyl/N-ethyl adjacent to an activating group) is 1. The number of carbonyl (C=O) groups excluding carboxylic acids is 1. The summed E-state index contributed by atoms with van der Waals surface area (Å²) in [4.78, 5) is 22.0. The Bertz CT molecular complexity index is 255. The zero-order valence-electron chi connectivity index (χ0n) is 10.7. The standard InChI is InChI=1S/C11H21NO4/c1-8(2)11(15)16-9(6-10(13)14)7-12(3,4)5/h8-9H,6-7H2,1-5H3/p+1. The molecular formula is C11H22NO4+. The molecule has 0 aromatic carbocycles. The number of carbonyl (C=O) groups is 2. The van der Waals surface area contributed by atoms with Crippen molar-refractivity contribution in [2.24, 2.45) is 5.92 Å². The van der Waals surface area contributed by atoms with Crippen molar-refractivity contribution in [2.45, 2.75) is 26.4 Å². The van der Waals surface area contributed by atoms with Crippen LogP contribution in [0.5, 0.6) is 0 Å². The summed E-state index contributed by atoms with van der Waals surface area (Å²) >= 11 is 0. The van der Waals surface area contributed by atoms with Crippen LogP contribution in [0.4, 0.5) is 0 Å². The Hall–Kier alpha value is -1.10. The highest BCUT2D eigenvalue weighted by Gasteiger charge is 2.25. The van der Waals surface area contributed by atoms with E-state index in [0.29, 0.717) is 11.0 Å². The van der Waals surface area contributed by atoms with E-state index >= 15 is 0 Å². The Kier molecular flexibility index (Phi) is 5.44. The number of aliphatic carboxylic acids is 1. The normalized spacial score (nSPS) is 13.6. The smallest absolute Gasteiger partial charge is 0.308 e. The van der Waals surface area contributed by atoms with Crippen LogP contribution >= 0.6 is 0 Å². The van der Waals surface area contributed by atoms with Crippen LogP contribution in [0.1, 0.15) is 20.3 Å². The van der Waals surface area contributed by atoms with Crippen molar-refractivity contribution in [2.75, 3.05) is 27.7 Å². The molecule has 0 aromatic heterocycles. The zero-order chi connectivity index (χ0) is 12.9. The van der Waals surface area contributed by atoms with Crippen molar-refractivity contribution < 1.29 is 23.9 Å². The average molecular weight is 232 g/mol. The predicted octanol–water partition coefficient (Wildman–Crippen LogP) is 0.735. The average Bonchev–Trinajstić information content (AvgIpc) is 1.98. The number of hydrogen-bond donors (Lipinski definition) is 1. The Labute approximate surface area is 96.6 Å².